The van der Waals surface area contributed by atoms with Gasteiger partial charge >= 0.3 is 0 Å². The molecule has 0 aliphatic carbocycles. The van der Waals surface area contributed by atoms with E-state index in [1.165, 1.54) is 5.56 Å². The van der Waals surface area contributed by atoms with Crippen molar-refractivity contribution in [1.82, 2.24) is 15.5 Å². The highest BCUT2D eigenvalue weighted by molar-refractivity contribution is 5.79. The lowest BCUT2D eigenvalue weighted by molar-refractivity contribution is 0.143. The van der Waals surface area contributed by atoms with Crippen LogP contribution in [0.3, 0.4) is 0 Å². The third-order valence-corrected chi connectivity index (χ3v) is 4.63. The second kappa shape index (κ2) is 14.3. The van der Waals surface area contributed by atoms with E-state index in [0.717, 1.165) is 63.9 Å². The molecule has 6 nitrogen and oxygen atoms in total. The van der Waals surface area contributed by atoms with Crippen molar-refractivity contribution >= 4 is 5.96 Å². The fraction of sp³-hybridized carbons (Fsp3) is 0.667. The van der Waals surface area contributed by atoms with Gasteiger partial charge in [0.2, 0.25) is 0 Å². The molecule has 0 spiro atoms. The summed E-state index contributed by atoms with van der Waals surface area (Å²) < 4.78 is 10.8. The first-order chi connectivity index (χ1) is 13.2. The Balaban J connectivity index is 2.64. The Morgan fingerprint density at radius 3 is 2.56 bits per heavy atom. The maximum atomic E-state index is 5.41. The van der Waals surface area contributed by atoms with Crippen molar-refractivity contribution in [2.24, 2.45) is 4.99 Å². The number of hydrogen-bond donors (Lipinski definition) is 2. The van der Waals surface area contributed by atoms with Gasteiger partial charge in [-0.2, -0.15) is 0 Å². The summed E-state index contributed by atoms with van der Waals surface area (Å²) in [5.41, 5.74) is 1.25. The minimum atomic E-state index is 0.256. The summed E-state index contributed by atoms with van der Waals surface area (Å²) >= 11 is 0. The number of rotatable bonds is 13. The van der Waals surface area contributed by atoms with Gasteiger partial charge in [0.15, 0.2) is 5.96 Å². The zero-order chi connectivity index (χ0) is 19.9. The Morgan fingerprint density at radius 1 is 1.15 bits per heavy atom. The van der Waals surface area contributed by atoms with Crippen molar-refractivity contribution in [3.8, 4) is 5.75 Å². The standard InChI is InChI=1S/C21H38N4O2/c1-6-25(7-2)20(18-12-11-13-19(16-18)26-5)17-24-21(22-4)23-14-9-10-15-27-8-3/h11-13,16,20H,6-10,14-15,17H2,1-5H3,(H2,22,23,24). The van der Waals surface area contributed by atoms with Crippen LogP contribution < -0.4 is 15.4 Å². The maximum absolute atomic E-state index is 5.41. The van der Waals surface area contributed by atoms with Gasteiger partial charge < -0.3 is 20.1 Å². The molecule has 154 valence electrons. The molecule has 0 radical (unpaired) electrons. The Labute approximate surface area is 165 Å². The first kappa shape index (κ1) is 23.2. The molecule has 0 aromatic heterocycles. The molecule has 0 aliphatic heterocycles. The largest absolute Gasteiger partial charge is 0.497 e. The lowest BCUT2D eigenvalue weighted by atomic mass is 10.0. The van der Waals surface area contributed by atoms with Crippen molar-refractivity contribution in [2.75, 3.05) is 53.6 Å². The number of unbranched alkanes of at least 4 members (excludes halogenated alkanes) is 1. The molecule has 0 fully saturated rings. The summed E-state index contributed by atoms with van der Waals surface area (Å²) in [6.07, 6.45) is 2.12. The molecular weight excluding hydrogens is 340 g/mol. The van der Waals surface area contributed by atoms with Gasteiger partial charge in [0.1, 0.15) is 5.75 Å². The molecule has 27 heavy (non-hydrogen) atoms. The van der Waals surface area contributed by atoms with E-state index in [-0.39, 0.29) is 6.04 Å². The number of benzene rings is 1. The highest BCUT2D eigenvalue weighted by atomic mass is 16.5. The molecule has 1 aromatic rings. The van der Waals surface area contributed by atoms with Crippen molar-refractivity contribution in [3.63, 3.8) is 0 Å². The van der Waals surface area contributed by atoms with E-state index < -0.39 is 0 Å². The fourth-order valence-electron chi connectivity index (χ4n) is 3.07. The number of nitrogens with one attached hydrogen (secondary N) is 2. The van der Waals surface area contributed by atoms with Crippen LogP contribution >= 0.6 is 0 Å². The van der Waals surface area contributed by atoms with E-state index in [1.807, 2.05) is 20.0 Å². The summed E-state index contributed by atoms with van der Waals surface area (Å²) in [6, 6.07) is 8.58. The Bertz CT molecular complexity index is 533. The van der Waals surface area contributed by atoms with E-state index >= 15 is 0 Å². The first-order valence-corrected chi connectivity index (χ1v) is 10.1. The zero-order valence-corrected chi connectivity index (χ0v) is 17.8. The smallest absolute Gasteiger partial charge is 0.191 e. The molecule has 0 saturated heterocycles. The van der Waals surface area contributed by atoms with Gasteiger partial charge in [0, 0.05) is 33.4 Å². The minimum absolute atomic E-state index is 0.256. The number of likely N-dealkylation sites (N-methyl/N-ethyl adjacent to an activating group) is 1. The second-order valence-electron chi connectivity index (χ2n) is 6.30. The van der Waals surface area contributed by atoms with Gasteiger partial charge in [-0.3, -0.25) is 9.89 Å². The summed E-state index contributed by atoms with van der Waals surface area (Å²) in [7, 11) is 3.52. The average Bonchev–Trinajstić information content (AvgIpc) is 2.71. The Hall–Kier alpha value is -1.79. The first-order valence-electron chi connectivity index (χ1n) is 10.1. The highest BCUT2D eigenvalue weighted by Gasteiger charge is 2.19. The van der Waals surface area contributed by atoms with Gasteiger partial charge in [-0.05, 0) is 50.6 Å². The normalized spacial score (nSPS) is 12.9. The summed E-state index contributed by atoms with van der Waals surface area (Å²) in [5, 5.41) is 6.87. The maximum Gasteiger partial charge on any atom is 0.191 e. The minimum Gasteiger partial charge on any atom is -0.497 e. The summed E-state index contributed by atoms with van der Waals surface area (Å²) in [4.78, 5) is 6.79. The van der Waals surface area contributed by atoms with Crippen LogP contribution in [-0.4, -0.2) is 64.4 Å². The quantitative estimate of drug-likeness (QED) is 0.314. The van der Waals surface area contributed by atoms with Crippen LogP contribution in [0, 0.1) is 0 Å². The number of hydrogen-bond acceptors (Lipinski definition) is 4. The SMILES string of the molecule is CCOCCCCNC(=NC)NCC(c1cccc(OC)c1)N(CC)CC. The highest BCUT2D eigenvalue weighted by Crippen LogP contribution is 2.23. The molecule has 1 rings (SSSR count). The van der Waals surface area contributed by atoms with Crippen molar-refractivity contribution in [2.45, 2.75) is 39.7 Å². The van der Waals surface area contributed by atoms with Gasteiger partial charge in [-0.1, -0.05) is 26.0 Å². The van der Waals surface area contributed by atoms with Crippen LogP contribution in [-0.2, 0) is 4.74 Å². The molecule has 1 atom stereocenters. The molecular formula is C21H38N4O2. The molecule has 1 unspecified atom stereocenters. The van der Waals surface area contributed by atoms with Crippen LogP contribution in [0.25, 0.3) is 0 Å². The molecule has 6 heteroatoms. The monoisotopic (exact) mass is 378 g/mol. The number of methoxy groups -OCH3 is 1. The zero-order valence-electron chi connectivity index (χ0n) is 17.8. The van der Waals surface area contributed by atoms with Crippen LogP contribution in [0.1, 0.15) is 45.2 Å². The number of guanidine groups is 1. The van der Waals surface area contributed by atoms with E-state index in [1.54, 1.807) is 7.11 Å². The predicted octanol–water partition coefficient (Wildman–Crippen LogP) is 3.06. The summed E-state index contributed by atoms with van der Waals surface area (Å²) in [5.74, 6) is 1.73. The van der Waals surface area contributed by atoms with Crippen LogP contribution in [0.5, 0.6) is 5.75 Å². The predicted molar refractivity (Wildman–Crippen MR) is 114 cm³/mol. The van der Waals surface area contributed by atoms with E-state index in [9.17, 15) is 0 Å². The van der Waals surface area contributed by atoms with Gasteiger partial charge in [0.25, 0.3) is 0 Å². The average molecular weight is 379 g/mol. The molecule has 0 saturated carbocycles. The molecule has 2 N–H and O–H groups in total. The van der Waals surface area contributed by atoms with Crippen LogP contribution in [0.15, 0.2) is 29.3 Å². The van der Waals surface area contributed by atoms with Crippen molar-refractivity contribution in [1.29, 1.82) is 0 Å². The van der Waals surface area contributed by atoms with Crippen molar-refractivity contribution < 1.29 is 9.47 Å². The molecule has 0 amide bonds. The fourth-order valence-corrected chi connectivity index (χ4v) is 3.07. The van der Waals surface area contributed by atoms with E-state index in [2.05, 4.69) is 52.6 Å². The summed E-state index contributed by atoms with van der Waals surface area (Å²) in [6.45, 7) is 11.7. The number of aliphatic imine (C=N–C) groups is 1. The van der Waals surface area contributed by atoms with E-state index in [4.69, 9.17) is 9.47 Å². The van der Waals surface area contributed by atoms with Crippen molar-refractivity contribution in [3.05, 3.63) is 29.8 Å². The Kier molecular flexibility index (Phi) is 12.3. The molecule has 0 aliphatic rings. The lowest BCUT2D eigenvalue weighted by Gasteiger charge is -2.31. The molecule has 0 bridgehead atoms. The van der Waals surface area contributed by atoms with Crippen LogP contribution in [0.2, 0.25) is 0 Å². The number of ether oxygens (including phenoxy) is 2. The third-order valence-electron chi connectivity index (χ3n) is 4.63. The van der Waals surface area contributed by atoms with Gasteiger partial charge in [-0.25, -0.2) is 0 Å². The van der Waals surface area contributed by atoms with Gasteiger partial charge in [-0.15, -0.1) is 0 Å². The topological polar surface area (TPSA) is 58.1 Å². The third kappa shape index (κ3) is 8.63. The van der Waals surface area contributed by atoms with E-state index in [0.29, 0.717) is 0 Å². The lowest BCUT2D eigenvalue weighted by Crippen LogP contribution is -2.43. The second-order valence-corrected chi connectivity index (χ2v) is 6.30. The van der Waals surface area contributed by atoms with Crippen LogP contribution in [0.4, 0.5) is 0 Å². The molecule has 1 aromatic carbocycles. The van der Waals surface area contributed by atoms with Gasteiger partial charge in [0.05, 0.1) is 13.2 Å². The Morgan fingerprint density at radius 2 is 1.93 bits per heavy atom. The molecule has 0 heterocycles. The number of nitrogens with zero attached hydrogens (tertiary/aromatic N) is 2.